The Balaban J connectivity index is 1.62. The van der Waals surface area contributed by atoms with Crippen molar-refractivity contribution < 1.29 is 14.4 Å². The smallest absolute Gasteiger partial charge is 0.234 e. The Morgan fingerprint density at radius 1 is 1.20 bits per heavy atom. The molecule has 2 aliphatic heterocycles. The van der Waals surface area contributed by atoms with E-state index >= 15 is 0 Å². The summed E-state index contributed by atoms with van der Waals surface area (Å²) >= 11 is 0. The molecule has 1 unspecified atom stereocenters. The number of piperazine rings is 1. The van der Waals surface area contributed by atoms with E-state index in [0.29, 0.717) is 39.3 Å². The number of nitrogens with one attached hydrogen (secondary N) is 2. The summed E-state index contributed by atoms with van der Waals surface area (Å²) in [5.41, 5.74) is 1.61. The van der Waals surface area contributed by atoms with Crippen LogP contribution in [0.1, 0.15) is 24.8 Å². The normalized spacial score (nSPS) is 20.6. The molecule has 2 heterocycles. The first kappa shape index (κ1) is 17.4. The van der Waals surface area contributed by atoms with Crippen molar-refractivity contribution in [3.05, 3.63) is 29.8 Å². The average Bonchev–Trinajstić information content (AvgIpc) is 2.61. The highest BCUT2D eigenvalue weighted by molar-refractivity contribution is 6.01. The minimum Gasteiger partial charge on any atom is -0.355 e. The van der Waals surface area contributed by atoms with E-state index in [0.717, 1.165) is 11.3 Å². The number of para-hydroxylation sites is 1. The Morgan fingerprint density at radius 3 is 2.64 bits per heavy atom. The molecule has 0 saturated carbocycles. The summed E-state index contributed by atoms with van der Waals surface area (Å²) in [4.78, 5) is 40.4. The minimum atomic E-state index is -0.417. The van der Waals surface area contributed by atoms with E-state index < -0.39 is 5.92 Å². The molecule has 0 spiro atoms. The van der Waals surface area contributed by atoms with Gasteiger partial charge in [-0.3, -0.25) is 19.3 Å². The molecule has 0 aromatic heterocycles. The summed E-state index contributed by atoms with van der Waals surface area (Å²) in [6, 6.07) is 7.48. The topological polar surface area (TPSA) is 81.8 Å². The number of likely N-dealkylation sites (N-methyl/N-ethyl adjacent to an activating group) is 1. The second-order valence-electron chi connectivity index (χ2n) is 6.45. The second-order valence-corrected chi connectivity index (χ2v) is 6.45. The number of fused-ring (bicyclic) bond motifs is 1. The Morgan fingerprint density at radius 2 is 1.92 bits per heavy atom. The van der Waals surface area contributed by atoms with Crippen LogP contribution in [0.3, 0.4) is 0 Å². The molecule has 1 saturated heterocycles. The van der Waals surface area contributed by atoms with Crippen LogP contribution in [0, 0.1) is 0 Å². The Kier molecular flexibility index (Phi) is 5.33. The van der Waals surface area contributed by atoms with Gasteiger partial charge in [0.1, 0.15) is 0 Å². The number of amides is 3. The van der Waals surface area contributed by atoms with Gasteiger partial charge < -0.3 is 15.5 Å². The number of nitrogens with zero attached hydrogens (tertiary/aromatic N) is 2. The van der Waals surface area contributed by atoms with E-state index in [1.165, 1.54) is 0 Å². The summed E-state index contributed by atoms with van der Waals surface area (Å²) in [5, 5.41) is 5.61. The van der Waals surface area contributed by atoms with Crippen molar-refractivity contribution in [1.29, 1.82) is 0 Å². The number of carbonyl (C=O) groups excluding carboxylic acids is 3. The van der Waals surface area contributed by atoms with Crippen molar-refractivity contribution >= 4 is 23.4 Å². The van der Waals surface area contributed by atoms with Gasteiger partial charge in [-0.15, -0.1) is 0 Å². The molecular formula is C18H24N4O3. The predicted octanol–water partition coefficient (Wildman–Crippen LogP) is 0.393. The summed E-state index contributed by atoms with van der Waals surface area (Å²) in [5.74, 6) is -0.521. The summed E-state index contributed by atoms with van der Waals surface area (Å²) < 4.78 is 0. The molecule has 0 bridgehead atoms. The van der Waals surface area contributed by atoms with Gasteiger partial charge in [0.2, 0.25) is 17.7 Å². The third-order valence-electron chi connectivity index (χ3n) is 4.72. The molecule has 7 heteroatoms. The van der Waals surface area contributed by atoms with E-state index in [1.54, 1.807) is 0 Å². The van der Waals surface area contributed by atoms with Crippen LogP contribution < -0.4 is 10.6 Å². The van der Waals surface area contributed by atoms with E-state index in [2.05, 4.69) is 15.5 Å². The minimum absolute atomic E-state index is 0.0000373. The van der Waals surface area contributed by atoms with Gasteiger partial charge in [-0.05, 0) is 18.6 Å². The van der Waals surface area contributed by atoms with Crippen molar-refractivity contribution in [1.82, 2.24) is 15.1 Å². The quantitative estimate of drug-likeness (QED) is 0.828. The van der Waals surface area contributed by atoms with Crippen molar-refractivity contribution in [2.24, 2.45) is 0 Å². The van der Waals surface area contributed by atoms with Crippen molar-refractivity contribution in [2.45, 2.75) is 19.3 Å². The van der Waals surface area contributed by atoms with Crippen LogP contribution in [0.15, 0.2) is 24.3 Å². The van der Waals surface area contributed by atoms with E-state index in [4.69, 9.17) is 0 Å². The molecule has 7 nitrogen and oxygen atoms in total. The number of carbonyl (C=O) groups is 3. The maximum absolute atomic E-state index is 12.9. The third-order valence-corrected chi connectivity index (χ3v) is 4.72. The molecule has 0 radical (unpaired) electrons. The van der Waals surface area contributed by atoms with Crippen LogP contribution in [0.4, 0.5) is 5.69 Å². The van der Waals surface area contributed by atoms with Crippen LogP contribution in [0.5, 0.6) is 0 Å². The van der Waals surface area contributed by atoms with Crippen LogP contribution in [-0.2, 0) is 14.4 Å². The fraction of sp³-hybridized carbons (Fsp3) is 0.500. The van der Waals surface area contributed by atoms with Gasteiger partial charge in [0.15, 0.2) is 0 Å². The average molecular weight is 344 g/mol. The molecule has 3 amide bonds. The Labute approximate surface area is 147 Å². The van der Waals surface area contributed by atoms with Gasteiger partial charge in [-0.2, -0.15) is 0 Å². The largest absolute Gasteiger partial charge is 0.355 e. The van der Waals surface area contributed by atoms with E-state index in [1.807, 2.05) is 36.1 Å². The van der Waals surface area contributed by atoms with Crippen molar-refractivity contribution in [3.63, 3.8) is 0 Å². The molecule has 25 heavy (non-hydrogen) atoms. The molecule has 1 atom stereocenters. The number of hydrogen-bond acceptors (Lipinski definition) is 4. The summed E-state index contributed by atoms with van der Waals surface area (Å²) in [6.07, 6.45) is 0.189. The molecule has 1 aromatic rings. The number of benzene rings is 1. The van der Waals surface area contributed by atoms with Gasteiger partial charge in [0, 0.05) is 44.8 Å². The Bertz CT molecular complexity index is 668. The van der Waals surface area contributed by atoms with Crippen LogP contribution >= 0.6 is 0 Å². The lowest BCUT2D eigenvalue weighted by Crippen LogP contribution is -2.52. The highest BCUT2D eigenvalue weighted by Crippen LogP contribution is 2.33. The number of hydrogen-bond donors (Lipinski definition) is 2. The van der Waals surface area contributed by atoms with E-state index in [9.17, 15) is 14.4 Å². The van der Waals surface area contributed by atoms with Crippen molar-refractivity contribution in [3.8, 4) is 0 Å². The van der Waals surface area contributed by atoms with Crippen LogP contribution in [0.2, 0.25) is 0 Å². The summed E-state index contributed by atoms with van der Waals surface area (Å²) in [6.45, 7) is 5.39. The predicted molar refractivity (Wildman–Crippen MR) is 94.1 cm³/mol. The maximum Gasteiger partial charge on any atom is 0.234 e. The van der Waals surface area contributed by atoms with Gasteiger partial charge >= 0.3 is 0 Å². The number of anilines is 1. The summed E-state index contributed by atoms with van der Waals surface area (Å²) in [7, 11) is 0. The van der Waals surface area contributed by atoms with Crippen LogP contribution in [-0.4, -0.2) is 66.8 Å². The first-order chi connectivity index (χ1) is 12.1. The lowest BCUT2D eigenvalue weighted by molar-refractivity contribution is -0.136. The molecule has 2 aliphatic rings. The zero-order chi connectivity index (χ0) is 17.8. The Hall–Kier alpha value is -2.41. The molecule has 2 N–H and O–H groups in total. The van der Waals surface area contributed by atoms with Crippen LogP contribution in [0.25, 0.3) is 0 Å². The molecular weight excluding hydrogens is 320 g/mol. The monoisotopic (exact) mass is 344 g/mol. The highest BCUT2D eigenvalue weighted by Gasteiger charge is 2.34. The first-order valence-electron chi connectivity index (χ1n) is 8.75. The van der Waals surface area contributed by atoms with Gasteiger partial charge in [-0.25, -0.2) is 0 Å². The van der Waals surface area contributed by atoms with Gasteiger partial charge in [-0.1, -0.05) is 18.2 Å². The third kappa shape index (κ3) is 3.99. The van der Waals surface area contributed by atoms with Crippen molar-refractivity contribution in [2.75, 3.05) is 44.6 Å². The molecule has 1 fully saturated rings. The van der Waals surface area contributed by atoms with Gasteiger partial charge in [0.05, 0.1) is 12.5 Å². The lowest BCUT2D eigenvalue weighted by Gasteiger charge is -2.37. The second kappa shape index (κ2) is 7.65. The molecule has 0 aliphatic carbocycles. The highest BCUT2D eigenvalue weighted by atomic mass is 16.2. The lowest BCUT2D eigenvalue weighted by atomic mass is 9.89. The zero-order valence-electron chi connectivity index (χ0n) is 14.5. The molecule has 1 aromatic carbocycles. The van der Waals surface area contributed by atoms with Gasteiger partial charge in [0.25, 0.3) is 0 Å². The standard InChI is InChI=1S/C18H24N4O3/c1-2-19-17(24)12-21-7-9-22(10-8-21)18(25)14-11-16(23)20-15-6-4-3-5-13(14)15/h3-6,14H,2,7-12H2,1H3,(H,19,24)(H,20,23). The first-order valence-corrected chi connectivity index (χ1v) is 8.75. The number of rotatable bonds is 4. The molecule has 134 valence electrons. The fourth-order valence-electron chi connectivity index (χ4n) is 3.43. The fourth-order valence-corrected chi connectivity index (χ4v) is 3.43. The SMILES string of the molecule is CCNC(=O)CN1CCN(C(=O)C2CC(=O)Nc3ccccc32)CC1. The van der Waals surface area contributed by atoms with E-state index in [-0.39, 0.29) is 24.1 Å². The zero-order valence-corrected chi connectivity index (χ0v) is 14.5. The maximum atomic E-state index is 12.9. The molecule has 3 rings (SSSR count).